The van der Waals surface area contributed by atoms with E-state index in [2.05, 4.69) is 22.5 Å². The zero-order valence-corrected chi connectivity index (χ0v) is 8.86. The number of nitrogens with one attached hydrogen (secondary N) is 2. The molecule has 4 nitrogen and oxygen atoms in total. The third-order valence-corrected chi connectivity index (χ3v) is 3.21. The van der Waals surface area contributed by atoms with Crippen LogP contribution in [0.15, 0.2) is 6.20 Å². The molecule has 5 heteroatoms. The van der Waals surface area contributed by atoms with E-state index in [1.54, 1.807) is 11.3 Å². The highest BCUT2D eigenvalue weighted by Gasteiger charge is 2.22. The van der Waals surface area contributed by atoms with Gasteiger partial charge in [-0.05, 0) is 12.8 Å². The van der Waals surface area contributed by atoms with E-state index < -0.39 is 0 Å². The maximum absolute atomic E-state index is 11.0. The van der Waals surface area contributed by atoms with Gasteiger partial charge in [-0.2, -0.15) is 0 Å². The van der Waals surface area contributed by atoms with Gasteiger partial charge in [-0.1, -0.05) is 6.92 Å². The third kappa shape index (κ3) is 1.93. The number of carbonyl (C=O) groups excluding carboxylic acids is 1. The van der Waals surface area contributed by atoms with Gasteiger partial charge < -0.3 is 5.32 Å². The minimum absolute atomic E-state index is 0.0226. The van der Waals surface area contributed by atoms with E-state index in [4.69, 9.17) is 0 Å². The maximum Gasteiger partial charge on any atom is 0.235 e. The van der Waals surface area contributed by atoms with Gasteiger partial charge in [0.15, 0.2) is 0 Å². The predicted octanol–water partition coefficient (Wildman–Crippen LogP) is 0.814. The number of aryl methyl sites for hydroxylation is 1. The van der Waals surface area contributed by atoms with Crippen molar-refractivity contribution in [1.29, 1.82) is 0 Å². The number of thiazole rings is 1. The molecule has 0 radical (unpaired) electrons. The fraction of sp³-hybridized carbons (Fsp3) is 0.556. The molecule has 2 rings (SSSR count). The Morgan fingerprint density at radius 1 is 1.71 bits per heavy atom. The molecule has 0 aliphatic carbocycles. The van der Waals surface area contributed by atoms with Gasteiger partial charge in [0.1, 0.15) is 6.17 Å². The molecule has 14 heavy (non-hydrogen) atoms. The zero-order chi connectivity index (χ0) is 9.97. The molecule has 1 unspecified atom stereocenters. The molecule has 1 aromatic rings. The molecule has 1 aliphatic rings. The molecular weight excluding hydrogens is 198 g/mol. The summed E-state index contributed by atoms with van der Waals surface area (Å²) < 4.78 is 0. The lowest BCUT2D eigenvalue weighted by molar-refractivity contribution is -0.118. The van der Waals surface area contributed by atoms with Gasteiger partial charge in [-0.25, -0.2) is 4.98 Å². The van der Waals surface area contributed by atoms with Gasteiger partial charge in [-0.15, -0.1) is 11.3 Å². The molecular formula is C9H13N3OS. The Labute approximate surface area is 86.7 Å². The Bertz CT molecular complexity index is 337. The number of aromatic nitrogens is 1. The Morgan fingerprint density at radius 3 is 3.21 bits per heavy atom. The van der Waals surface area contributed by atoms with Crippen LogP contribution in [0.25, 0.3) is 0 Å². The summed E-state index contributed by atoms with van der Waals surface area (Å²) in [6.45, 7) is 2.54. The monoisotopic (exact) mass is 211 g/mol. The fourth-order valence-corrected chi connectivity index (χ4v) is 2.47. The summed E-state index contributed by atoms with van der Waals surface area (Å²) in [7, 11) is 0. The van der Waals surface area contributed by atoms with Crippen molar-refractivity contribution in [3.8, 4) is 0 Å². The summed E-state index contributed by atoms with van der Waals surface area (Å²) >= 11 is 1.67. The van der Waals surface area contributed by atoms with Crippen LogP contribution in [-0.4, -0.2) is 17.4 Å². The van der Waals surface area contributed by atoms with E-state index in [-0.39, 0.29) is 12.1 Å². The quantitative estimate of drug-likeness (QED) is 0.778. The second kappa shape index (κ2) is 4.06. The second-order valence-corrected chi connectivity index (χ2v) is 4.43. The van der Waals surface area contributed by atoms with Crippen molar-refractivity contribution >= 4 is 17.2 Å². The highest BCUT2D eigenvalue weighted by molar-refractivity contribution is 7.11. The number of rotatable bonds is 3. The summed E-state index contributed by atoms with van der Waals surface area (Å²) in [6, 6.07) is 0. The first-order chi connectivity index (χ1) is 6.79. The predicted molar refractivity (Wildman–Crippen MR) is 55.0 cm³/mol. The van der Waals surface area contributed by atoms with Crippen LogP contribution in [0.2, 0.25) is 0 Å². The molecule has 0 spiro atoms. The lowest BCUT2D eigenvalue weighted by Gasteiger charge is -2.05. The van der Waals surface area contributed by atoms with Gasteiger partial charge >= 0.3 is 0 Å². The topological polar surface area (TPSA) is 54.0 Å². The molecule has 2 N–H and O–H groups in total. The molecule has 1 amide bonds. The zero-order valence-electron chi connectivity index (χ0n) is 8.04. The van der Waals surface area contributed by atoms with Gasteiger partial charge in [0.2, 0.25) is 5.91 Å². The minimum Gasteiger partial charge on any atom is -0.335 e. The van der Waals surface area contributed by atoms with Crippen molar-refractivity contribution in [2.24, 2.45) is 0 Å². The maximum atomic E-state index is 11.0. The first kappa shape index (κ1) is 9.61. The van der Waals surface area contributed by atoms with E-state index in [0.29, 0.717) is 6.54 Å². The normalized spacial score (nSPS) is 21.2. The minimum atomic E-state index is -0.0226. The van der Waals surface area contributed by atoms with Crippen LogP contribution in [-0.2, 0) is 11.2 Å². The van der Waals surface area contributed by atoms with Crippen molar-refractivity contribution in [2.45, 2.75) is 25.9 Å². The van der Waals surface area contributed by atoms with E-state index in [1.807, 2.05) is 6.20 Å². The van der Waals surface area contributed by atoms with Crippen molar-refractivity contribution in [1.82, 2.24) is 15.6 Å². The lowest BCUT2D eigenvalue weighted by Crippen LogP contribution is -2.21. The van der Waals surface area contributed by atoms with Gasteiger partial charge in [0, 0.05) is 6.20 Å². The third-order valence-electron chi connectivity index (χ3n) is 2.09. The summed E-state index contributed by atoms with van der Waals surface area (Å²) in [5.41, 5.74) is 0. The number of hydrogen-bond acceptors (Lipinski definition) is 4. The Hall–Kier alpha value is -0.940. The van der Waals surface area contributed by atoms with Crippen LogP contribution in [0.3, 0.4) is 0 Å². The molecule has 76 valence electrons. The largest absolute Gasteiger partial charge is 0.335 e. The molecule has 2 heterocycles. The molecule has 0 bridgehead atoms. The summed E-state index contributed by atoms with van der Waals surface area (Å²) in [4.78, 5) is 16.4. The number of nitrogens with zero attached hydrogens (tertiary/aromatic N) is 1. The molecule has 0 aromatic carbocycles. The average molecular weight is 211 g/mol. The van der Waals surface area contributed by atoms with Crippen LogP contribution in [0.1, 0.15) is 29.4 Å². The van der Waals surface area contributed by atoms with Crippen molar-refractivity contribution in [3.05, 3.63) is 16.1 Å². The van der Waals surface area contributed by atoms with E-state index in [0.717, 1.165) is 22.7 Å². The Morgan fingerprint density at radius 2 is 2.57 bits per heavy atom. The van der Waals surface area contributed by atoms with Crippen LogP contribution in [0, 0.1) is 0 Å². The summed E-state index contributed by atoms with van der Waals surface area (Å²) in [6.07, 6.45) is 3.95. The number of hydrogen-bond donors (Lipinski definition) is 2. The Kier molecular flexibility index (Phi) is 2.79. The van der Waals surface area contributed by atoms with Gasteiger partial charge in [-0.3, -0.25) is 10.1 Å². The van der Waals surface area contributed by atoms with E-state index in [1.165, 1.54) is 0 Å². The molecule has 0 saturated carbocycles. The van der Waals surface area contributed by atoms with E-state index in [9.17, 15) is 4.79 Å². The van der Waals surface area contributed by atoms with Crippen molar-refractivity contribution in [2.75, 3.05) is 6.54 Å². The van der Waals surface area contributed by atoms with Gasteiger partial charge in [0.05, 0.1) is 16.4 Å². The smallest absolute Gasteiger partial charge is 0.235 e. The molecule has 1 fully saturated rings. The standard InChI is InChI=1S/C9H13N3OS/c1-2-3-8-10-4-6(14-8)9-11-5-7(13)12-9/h4,9,11H,2-3,5H2,1H3,(H,12,13). The number of amides is 1. The van der Waals surface area contributed by atoms with Crippen molar-refractivity contribution in [3.63, 3.8) is 0 Å². The van der Waals surface area contributed by atoms with Crippen molar-refractivity contribution < 1.29 is 4.79 Å². The molecule has 1 aliphatic heterocycles. The number of carbonyl (C=O) groups is 1. The fourth-order valence-electron chi connectivity index (χ4n) is 1.42. The average Bonchev–Trinajstić information content (AvgIpc) is 2.74. The first-order valence-corrected chi connectivity index (χ1v) is 5.58. The van der Waals surface area contributed by atoms with E-state index >= 15 is 0 Å². The Balaban J connectivity index is 2.05. The summed E-state index contributed by atoms with van der Waals surface area (Å²) in [5.74, 6) is 0.0560. The van der Waals surface area contributed by atoms with Crippen LogP contribution < -0.4 is 10.6 Å². The second-order valence-electron chi connectivity index (χ2n) is 3.29. The molecule has 1 saturated heterocycles. The lowest BCUT2D eigenvalue weighted by atomic mass is 10.4. The molecule has 1 atom stereocenters. The van der Waals surface area contributed by atoms with Crippen LogP contribution in [0.4, 0.5) is 0 Å². The van der Waals surface area contributed by atoms with Crippen LogP contribution >= 0.6 is 11.3 Å². The SMILES string of the molecule is CCCc1ncc(C2NCC(=O)N2)s1. The van der Waals surface area contributed by atoms with Gasteiger partial charge in [0.25, 0.3) is 0 Å². The molecule has 1 aromatic heterocycles. The first-order valence-electron chi connectivity index (χ1n) is 4.77. The highest BCUT2D eigenvalue weighted by Crippen LogP contribution is 2.21. The highest BCUT2D eigenvalue weighted by atomic mass is 32.1. The van der Waals surface area contributed by atoms with Crippen LogP contribution in [0.5, 0.6) is 0 Å². The summed E-state index contributed by atoms with van der Waals surface area (Å²) in [5, 5.41) is 7.08.